The van der Waals surface area contributed by atoms with Crippen LogP contribution in [0.25, 0.3) is 0 Å². The second-order valence-electron chi connectivity index (χ2n) is 6.08. The molecule has 1 heterocycles. The number of carbonyl (C=O) groups excluding carboxylic acids is 1. The summed E-state index contributed by atoms with van der Waals surface area (Å²) >= 11 is 3.42. The zero-order valence-electron chi connectivity index (χ0n) is 14.2. The molecule has 2 rings (SSSR count). The van der Waals surface area contributed by atoms with Crippen LogP contribution in [0.4, 0.5) is 0 Å². The van der Waals surface area contributed by atoms with Gasteiger partial charge in [0.25, 0.3) is 0 Å². The van der Waals surface area contributed by atoms with E-state index in [0.29, 0.717) is 13.1 Å². The zero-order valence-corrected chi connectivity index (χ0v) is 16.6. The predicted molar refractivity (Wildman–Crippen MR) is 102 cm³/mol. The van der Waals surface area contributed by atoms with E-state index in [1.807, 2.05) is 31.2 Å². The Labute approximate surface area is 158 Å². The van der Waals surface area contributed by atoms with Crippen LogP contribution in [-0.2, 0) is 9.53 Å². The molecule has 5 nitrogen and oxygen atoms in total. The molecule has 136 valence electrons. The fraction of sp³-hybridized carbons (Fsp3) is 0.588. The van der Waals surface area contributed by atoms with E-state index in [2.05, 4.69) is 26.1 Å². The maximum atomic E-state index is 12.3. The summed E-state index contributed by atoms with van der Waals surface area (Å²) < 4.78 is 6.46. The Hall–Kier alpha value is -0.660. The van der Waals surface area contributed by atoms with E-state index in [4.69, 9.17) is 10.5 Å². The number of nitrogens with zero attached hydrogens (tertiary/aromatic N) is 1. The smallest absolute Gasteiger partial charge is 0.234 e. The van der Waals surface area contributed by atoms with E-state index in [1.165, 1.54) is 0 Å². The number of halogens is 2. The summed E-state index contributed by atoms with van der Waals surface area (Å²) in [6.45, 7) is 3.79. The van der Waals surface area contributed by atoms with Gasteiger partial charge in [-0.25, -0.2) is 0 Å². The monoisotopic (exact) mass is 419 g/mol. The van der Waals surface area contributed by atoms with Crippen LogP contribution in [0.15, 0.2) is 28.7 Å². The van der Waals surface area contributed by atoms with Crippen molar-refractivity contribution in [1.29, 1.82) is 0 Å². The highest BCUT2D eigenvalue weighted by molar-refractivity contribution is 9.10. The van der Waals surface area contributed by atoms with Gasteiger partial charge in [-0.3, -0.25) is 9.69 Å². The molecule has 0 saturated carbocycles. The van der Waals surface area contributed by atoms with Crippen LogP contribution in [0.1, 0.15) is 31.4 Å². The summed E-state index contributed by atoms with van der Waals surface area (Å²) in [6, 6.07) is 8.20. The maximum absolute atomic E-state index is 12.3. The minimum absolute atomic E-state index is 0. The first-order chi connectivity index (χ1) is 11.0. The second-order valence-corrected chi connectivity index (χ2v) is 7.00. The number of likely N-dealkylation sites (tertiary alicyclic amines) is 1. The highest BCUT2D eigenvalue weighted by Crippen LogP contribution is 2.19. The normalized spacial score (nSPS) is 22.5. The van der Waals surface area contributed by atoms with Crippen molar-refractivity contribution in [2.45, 2.75) is 38.0 Å². The summed E-state index contributed by atoms with van der Waals surface area (Å²) in [6.07, 6.45) is 2.09. The molecular formula is C17H27BrClN3O2. The SMILES string of the molecule is COC1CCN(CC(=O)NC(C)c2ccc(Br)cc2)C(CN)C1.Cl. The summed E-state index contributed by atoms with van der Waals surface area (Å²) in [4.78, 5) is 14.5. The largest absolute Gasteiger partial charge is 0.381 e. The van der Waals surface area contributed by atoms with Crippen molar-refractivity contribution in [3.05, 3.63) is 34.3 Å². The molecule has 1 aliphatic heterocycles. The Kier molecular flexibility index (Phi) is 9.23. The first-order valence-electron chi connectivity index (χ1n) is 8.05. The van der Waals surface area contributed by atoms with Gasteiger partial charge < -0.3 is 15.8 Å². The van der Waals surface area contributed by atoms with E-state index in [-0.39, 0.29) is 36.5 Å². The fourth-order valence-corrected chi connectivity index (χ4v) is 3.30. The summed E-state index contributed by atoms with van der Waals surface area (Å²) in [5.74, 6) is 0.0368. The molecule has 24 heavy (non-hydrogen) atoms. The van der Waals surface area contributed by atoms with Crippen molar-refractivity contribution in [2.75, 3.05) is 26.7 Å². The highest BCUT2D eigenvalue weighted by Gasteiger charge is 2.28. The standard InChI is InChI=1S/C17H26BrN3O2.ClH/c1-12(13-3-5-14(18)6-4-13)20-17(22)11-21-8-7-16(23-2)9-15(21)10-19;/h3-6,12,15-16H,7-11,19H2,1-2H3,(H,20,22);1H. The number of amides is 1. The number of benzene rings is 1. The van der Waals surface area contributed by atoms with Crippen LogP contribution in [0.5, 0.6) is 0 Å². The average Bonchev–Trinajstić information content (AvgIpc) is 2.55. The third-order valence-corrected chi connectivity index (χ3v) is 5.02. The lowest BCUT2D eigenvalue weighted by Crippen LogP contribution is -2.51. The maximum Gasteiger partial charge on any atom is 0.234 e. The molecule has 0 aliphatic carbocycles. The molecule has 1 amide bonds. The van der Waals surface area contributed by atoms with Gasteiger partial charge in [0.2, 0.25) is 5.91 Å². The molecule has 0 radical (unpaired) electrons. The number of piperidine rings is 1. The number of rotatable bonds is 6. The first kappa shape index (κ1) is 21.4. The van der Waals surface area contributed by atoms with Crippen molar-refractivity contribution in [2.24, 2.45) is 5.73 Å². The van der Waals surface area contributed by atoms with Crippen LogP contribution < -0.4 is 11.1 Å². The Bertz CT molecular complexity index is 515. The van der Waals surface area contributed by atoms with E-state index in [1.54, 1.807) is 7.11 Å². The lowest BCUT2D eigenvalue weighted by atomic mass is 9.99. The van der Waals surface area contributed by atoms with Crippen molar-refractivity contribution in [3.63, 3.8) is 0 Å². The molecule has 1 aromatic carbocycles. The fourth-order valence-electron chi connectivity index (χ4n) is 3.04. The van der Waals surface area contributed by atoms with Crippen LogP contribution in [0.3, 0.4) is 0 Å². The van der Waals surface area contributed by atoms with Gasteiger partial charge in [0.15, 0.2) is 0 Å². The lowest BCUT2D eigenvalue weighted by Gasteiger charge is -2.38. The molecule has 1 fully saturated rings. The van der Waals surface area contributed by atoms with Crippen LogP contribution in [0, 0.1) is 0 Å². The Morgan fingerprint density at radius 2 is 2.12 bits per heavy atom. The zero-order chi connectivity index (χ0) is 16.8. The Morgan fingerprint density at radius 1 is 1.46 bits per heavy atom. The minimum Gasteiger partial charge on any atom is -0.381 e. The lowest BCUT2D eigenvalue weighted by molar-refractivity contribution is -0.124. The van der Waals surface area contributed by atoms with Crippen molar-refractivity contribution >= 4 is 34.2 Å². The van der Waals surface area contributed by atoms with Gasteiger partial charge in [0.05, 0.1) is 18.7 Å². The first-order valence-corrected chi connectivity index (χ1v) is 8.84. The second kappa shape index (κ2) is 10.4. The molecule has 1 aromatic rings. The summed E-state index contributed by atoms with van der Waals surface area (Å²) in [5, 5.41) is 3.06. The van der Waals surface area contributed by atoms with Crippen LogP contribution in [-0.4, -0.2) is 49.7 Å². The molecule has 1 aliphatic rings. The van der Waals surface area contributed by atoms with E-state index in [9.17, 15) is 4.79 Å². The molecule has 0 bridgehead atoms. The van der Waals surface area contributed by atoms with Gasteiger partial charge in [0.1, 0.15) is 0 Å². The van der Waals surface area contributed by atoms with Crippen molar-refractivity contribution in [3.8, 4) is 0 Å². The van der Waals surface area contributed by atoms with Crippen molar-refractivity contribution < 1.29 is 9.53 Å². The molecule has 3 N–H and O–H groups in total. The molecule has 7 heteroatoms. The average molecular weight is 421 g/mol. The molecule has 3 atom stereocenters. The van der Waals surface area contributed by atoms with Crippen LogP contribution >= 0.6 is 28.3 Å². The van der Waals surface area contributed by atoms with Crippen LogP contribution in [0.2, 0.25) is 0 Å². The highest BCUT2D eigenvalue weighted by atomic mass is 79.9. The summed E-state index contributed by atoms with van der Waals surface area (Å²) in [7, 11) is 1.74. The number of ether oxygens (including phenoxy) is 1. The molecule has 0 aromatic heterocycles. The summed E-state index contributed by atoms with van der Waals surface area (Å²) in [5.41, 5.74) is 6.95. The quantitative estimate of drug-likeness (QED) is 0.742. The van der Waals surface area contributed by atoms with E-state index in [0.717, 1.165) is 29.4 Å². The number of methoxy groups -OCH3 is 1. The molecule has 1 saturated heterocycles. The predicted octanol–water partition coefficient (Wildman–Crippen LogP) is 2.49. The number of hydrogen-bond donors (Lipinski definition) is 2. The van der Waals surface area contributed by atoms with E-state index < -0.39 is 0 Å². The third-order valence-electron chi connectivity index (χ3n) is 4.49. The van der Waals surface area contributed by atoms with Gasteiger partial charge in [-0.05, 0) is 37.5 Å². The van der Waals surface area contributed by atoms with Crippen molar-refractivity contribution in [1.82, 2.24) is 10.2 Å². The minimum atomic E-state index is -0.0107. The topological polar surface area (TPSA) is 67.6 Å². The third kappa shape index (κ3) is 6.01. The van der Waals surface area contributed by atoms with Gasteiger partial charge >= 0.3 is 0 Å². The van der Waals surface area contributed by atoms with Gasteiger partial charge in [-0.2, -0.15) is 0 Å². The molecule has 0 spiro atoms. The van der Waals surface area contributed by atoms with E-state index >= 15 is 0 Å². The number of hydrogen-bond acceptors (Lipinski definition) is 4. The number of nitrogens with two attached hydrogens (primary N) is 1. The van der Waals surface area contributed by atoms with Gasteiger partial charge in [-0.1, -0.05) is 28.1 Å². The Balaban J connectivity index is 0.00000288. The Morgan fingerprint density at radius 3 is 2.71 bits per heavy atom. The molecular weight excluding hydrogens is 394 g/mol. The number of carbonyl (C=O) groups is 1. The van der Waals surface area contributed by atoms with Gasteiger partial charge in [-0.15, -0.1) is 12.4 Å². The van der Waals surface area contributed by atoms with Gasteiger partial charge in [0, 0.05) is 30.7 Å². The number of nitrogens with one attached hydrogen (secondary N) is 1. The molecule has 3 unspecified atom stereocenters.